The van der Waals surface area contributed by atoms with Gasteiger partial charge in [-0.3, -0.25) is 0 Å². The summed E-state index contributed by atoms with van der Waals surface area (Å²) < 4.78 is 0. The average Bonchev–Trinajstić information content (AvgIpc) is 2.37. The molecule has 0 heterocycles. The molecule has 0 nitrogen and oxygen atoms in total. The molecule has 0 aliphatic carbocycles. The van der Waals surface area contributed by atoms with Gasteiger partial charge in [0.2, 0.25) is 0 Å². The Balaban J connectivity index is 4.30. The predicted octanol–water partition coefficient (Wildman–Crippen LogP) is 7.16. The zero-order valence-corrected chi connectivity index (χ0v) is 26.7. The van der Waals surface area contributed by atoms with Crippen LogP contribution in [0, 0.1) is 0 Å². The van der Waals surface area contributed by atoms with E-state index in [0.717, 1.165) is 0 Å². The Labute approximate surface area is 182 Å². The largest absolute Gasteiger partial charge is 0.0913 e. The fourth-order valence-corrected chi connectivity index (χ4v) is 27.8. The maximum Gasteiger partial charge on any atom is 0.0782 e. The van der Waals surface area contributed by atoms with Crippen LogP contribution in [-0.2, 0) is 0 Å². The van der Waals surface area contributed by atoms with E-state index in [-0.39, 0.29) is 0 Å². The van der Waals surface area contributed by atoms with Crippen molar-refractivity contribution in [1.29, 1.82) is 0 Å². The van der Waals surface area contributed by atoms with Crippen molar-refractivity contribution in [3.63, 3.8) is 0 Å². The van der Waals surface area contributed by atoms with E-state index in [1.165, 1.54) is 0 Å². The van der Waals surface area contributed by atoms with Crippen LogP contribution in [0.25, 0.3) is 5.20 Å². The standard InChI is InChI=1S/C23H48Si5/c1-24(2,3)20-18-16-17-19(21(20)25(4,5)6)22(26(7,8)9)23(27(10,11)12)28(13,14)15/h16-18H,1-15H3. The van der Waals surface area contributed by atoms with Crippen molar-refractivity contribution in [3.05, 3.63) is 28.6 Å². The highest BCUT2D eigenvalue weighted by molar-refractivity contribution is 7.10. The van der Waals surface area contributed by atoms with E-state index in [0.29, 0.717) is 0 Å². The highest BCUT2D eigenvalue weighted by Crippen LogP contribution is 2.38. The van der Waals surface area contributed by atoms with Crippen molar-refractivity contribution in [2.45, 2.75) is 98.2 Å². The van der Waals surface area contributed by atoms with Crippen LogP contribution in [0.2, 0.25) is 98.2 Å². The SMILES string of the molecule is C[Si](C)(C)C(=C([Si](C)(C)C)[Si](C)(C)C)c1cccc([Si](C)(C)C)c1[Si](C)(C)C. The fourth-order valence-electron chi connectivity index (χ4n) is 4.98. The van der Waals surface area contributed by atoms with Gasteiger partial charge in [0.25, 0.3) is 0 Å². The average molecular weight is 465 g/mol. The lowest BCUT2D eigenvalue weighted by molar-refractivity contribution is 1.57. The summed E-state index contributed by atoms with van der Waals surface area (Å²) in [6.45, 7) is 38.7. The Morgan fingerprint density at radius 2 is 0.964 bits per heavy atom. The summed E-state index contributed by atoms with van der Waals surface area (Å²) in [4.78, 5) is 1.95. The molecule has 0 saturated carbocycles. The Morgan fingerprint density at radius 1 is 0.536 bits per heavy atom. The fraction of sp³-hybridized carbons (Fsp3) is 0.652. The lowest BCUT2D eigenvalue weighted by Crippen LogP contribution is -2.58. The van der Waals surface area contributed by atoms with Crippen LogP contribution in [0.1, 0.15) is 5.56 Å². The van der Waals surface area contributed by atoms with E-state index in [1.807, 2.05) is 10.0 Å². The number of hydrogen-bond acceptors (Lipinski definition) is 0. The van der Waals surface area contributed by atoms with Gasteiger partial charge in [-0.1, -0.05) is 137 Å². The second-order valence-electron chi connectivity index (χ2n) is 13.7. The van der Waals surface area contributed by atoms with Gasteiger partial charge in [-0.2, -0.15) is 0 Å². The molecule has 0 saturated heterocycles. The van der Waals surface area contributed by atoms with Crippen LogP contribution in [0.5, 0.6) is 0 Å². The second kappa shape index (κ2) is 7.95. The second-order valence-corrected chi connectivity index (χ2v) is 39.3. The van der Waals surface area contributed by atoms with Gasteiger partial charge >= 0.3 is 0 Å². The third-order valence-electron chi connectivity index (χ3n) is 5.39. The maximum atomic E-state index is 2.60. The van der Waals surface area contributed by atoms with Gasteiger partial charge in [-0.15, -0.1) is 0 Å². The van der Waals surface area contributed by atoms with Crippen molar-refractivity contribution in [1.82, 2.24) is 0 Å². The molecule has 0 bridgehead atoms. The smallest absolute Gasteiger partial charge is 0.0782 e. The molecule has 5 heteroatoms. The third-order valence-corrected chi connectivity index (χ3v) is 20.2. The number of benzene rings is 1. The van der Waals surface area contributed by atoms with Gasteiger partial charge in [-0.25, -0.2) is 0 Å². The molecule has 1 rings (SSSR count). The third kappa shape index (κ3) is 6.03. The van der Waals surface area contributed by atoms with Crippen molar-refractivity contribution < 1.29 is 0 Å². The van der Waals surface area contributed by atoms with Crippen LogP contribution >= 0.6 is 0 Å². The Kier molecular flexibility index (Phi) is 7.40. The van der Waals surface area contributed by atoms with E-state index in [4.69, 9.17) is 0 Å². The molecule has 0 spiro atoms. The summed E-state index contributed by atoms with van der Waals surface area (Å²) in [5.74, 6) is 0. The lowest BCUT2D eigenvalue weighted by Gasteiger charge is -2.41. The molecular formula is C23H48Si5. The van der Waals surface area contributed by atoms with E-state index >= 15 is 0 Å². The molecule has 0 radical (unpaired) electrons. The van der Waals surface area contributed by atoms with Gasteiger partial charge in [0.1, 0.15) is 0 Å². The zero-order chi connectivity index (χ0) is 22.5. The van der Waals surface area contributed by atoms with Crippen LogP contribution in [0.4, 0.5) is 0 Å². The minimum atomic E-state index is -1.52. The van der Waals surface area contributed by atoms with Crippen LogP contribution < -0.4 is 10.4 Å². The van der Waals surface area contributed by atoms with Gasteiger partial charge in [-0.05, 0) is 5.56 Å². The first-order valence-corrected chi connectivity index (χ1v) is 28.5. The lowest BCUT2D eigenvalue weighted by atomic mass is 10.2. The van der Waals surface area contributed by atoms with Crippen LogP contribution in [0.15, 0.2) is 23.0 Å². The molecule has 0 N–H and O–H groups in total. The first-order chi connectivity index (χ1) is 12.1. The topological polar surface area (TPSA) is 0 Å². The summed E-state index contributed by atoms with van der Waals surface area (Å²) in [5, 5.41) is 5.37. The highest BCUT2D eigenvalue weighted by atomic mass is 28.4. The van der Waals surface area contributed by atoms with Gasteiger partial charge in [0.05, 0.1) is 40.4 Å². The summed E-state index contributed by atoms with van der Waals surface area (Å²) in [5.41, 5.74) is 1.68. The van der Waals surface area contributed by atoms with Crippen molar-refractivity contribution >= 4 is 55.9 Å². The molecule has 0 fully saturated rings. The Bertz CT molecular complexity index is 724. The Hall–Kier alpha value is 0.0444. The molecule has 0 atom stereocenters. The molecule has 0 aliphatic heterocycles. The van der Waals surface area contributed by atoms with Gasteiger partial charge in [0, 0.05) is 0 Å². The number of rotatable bonds is 6. The summed E-state index contributed by atoms with van der Waals surface area (Å²) in [6.07, 6.45) is 0. The minimum absolute atomic E-state index is 1.40. The first-order valence-electron chi connectivity index (χ1n) is 11.0. The molecule has 1 aromatic rings. The van der Waals surface area contributed by atoms with Crippen molar-refractivity contribution in [2.75, 3.05) is 0 Å². The van der Waals surface area contributed by atoms with Crippen molar-refractivity contribution in [2.24, 2.45) is 0 Å². The van der Waals surface area contributed by atoms with E-state index < -0.39 is 40.4 Å². The number of hydrogen-bond donors (Lipinski definition) is 0. The molecule has 0 amide bonds. The quantitative estimate of drug-likeness (QED) is 0.391. The summed E-state index contributed by atoms with van der Waals surface area (Å²) in [6, 6.07) is 7.39. The van der Waals surface area contributed by atoms with E-state index in [1.54, 1.807) is 15.9 Å². The van der Waals surface area contributed by atoms with Gasteiger partial charge in [0.15, 0.2) is 0 Å². The van der Waals surface area contributed by atoms with Gasteiger partial charge < -0.3 is 0 Å². The predicted molar refractivity (Wildman–Crippen MR) is 149 cm³/mol. The van der Waals surface area contributed by atoms with Crippen molar-refractivity contribution in [3.8, 4) is 0 Å². The van der Waals surface area contributed by atoms with Crippen LogP contribution in [-0.4, -0.2) is 40.4 Å². The van der Waals surface area contributed by atoms with E-state index in [2.05, 4.69) is 116 Å². The molecule has 160 valence electrons. The molecule has 0 unspecified atom stereocenters. The summed E-state index contributed by atoms with van der Waals surface area (Å²) in [7, 11) is -7.24. The van der Waals surface area contributed by atoms with E-state index in [9.17, 15) is 0 Å². The monoisotopic (exact) mass is 464 g/mol. The van der Waals surface area contributed by atoms with Crippen LogP contribution in [0.3, 0.4) is 0 Å². The Morgan fingerprint density at radius 3 is 1.25 bits per heavy atom. The molecule has 1 aromatic carbocycles. The maximum absolute atomic E-state index is 2.60. The highest BCUT2D eigenvalue weighted by Gasteiger charge is 2.40. The zero-order valence-electron chi connectivity index (χ0n) is 21.7. The first kappa shape index (κ1) is 26.1. The molecular weight excluding hydrogens is 417 g/mol. The minimum Gasteiger partial charge on any atom is -0.0913 e. The normalized spacial score (nSPS) is 14.2. The molecule has 0 aromatic heterocycles. The molecule has 0 aliphatic rings. The molecule has 28 heavy (non-hydrogen) atoms. The summed E-state index contributed by atoms with van der Waals surface area (Å²) >= 11 is 0.